The second-order valence-corrected chi connectivity index (χ2v) is 4.17. The molecule has 0 saturated carbocycles. The van der Waals surface area contributed by atoms with Crippen LogP contribution >= 0.6 is 0 Å². The molecular weight excluding hydrogens is 271 g/mol. The second kappa shape index (κ2) is 6.80. The minimum absolute atomic E-state index is 0.105. The van der Waals surface area contributed by atoms with Crippen molar-refractivity contribution in [2.45, 2.75) is 25.8 Å². The third-order valence-electron chi connectivity index (χ3n) is 2.84. The number of nitro groups is 1. The number of nitro benzene ring substituents is 1. The van der Waals surface area contributed by atoms with Gasteiger partial charge in [0, 0.05) is 12.6 Å². The van der Waals surface area contributed by atoms with Crippen molar-refractivity contribution in [3.63, 3.8) is 0 Å². The van der Waals surface area contributed by atoms with Gasteiger partial charge in [0.1, 0.15) is 5.56 Å². The number of anilines is 1. The highest BCUT2D eigenvalue weighted by Crippen LogP contribution is 2.27. The monoisotopic (exact) mass is 286 g/mol. The zero-order chi connectivity index (χ0) is 15.3. The Morgan fingerprint density at radius 2 is 2.20 bits per heavy atom. The molecule has 1 rings (SSSR count). The Morgan fingerprint density at radius 3 is 2.65 bits per heavy atom. The summed E-state index contributed by atoms with van der Waals surface area (Å²) in [6.07, 6.45) is 0.939. The summed E-state index contributed by atoms with van der Waals surface area (Å²) in [5.74, 6) is -2.41. The first-order valence-electron chi connectivity index (χ1n) is 5.99. The Hall–Kier alpha value is -2.22. The average Bonchev–Trinajstić information content (AvgIpc) is 2.39. The molecule has 8 heteroatoms. The van der Waals surface area contributed by atoms with Gasteiger partial charge in [-0.05, 0) is 18.9 Å². The number of rotatable bonds is 7. The summed E-state index contributed by atoms with van der Waals surface area (Å²) >= 11 is 0. The molecular formula is C12H15FN2O5. The Kier molecular flexibility index (Phi) is 5.39. The van der Waals surface area contributed by atoms with Crippen LogP contribution in [0.15, 0.2) is 12.1 Å². The third kappa shape index (κ3) is 3.64. The number of carbonyl (C=O) groups is 1. The van der Waals surface area contributed by atoms with E-state index in [1.165, 1.54) is 0 Å². The van der Waals surface area contributed by atoms with Gasteiger partial charge < -0.3 is 15.5 Å². The molecule has 0 heterocycles. The van der Waals surface area contributed by atoms with Gasteiger partial charge in [-0.3, -0.25) is 10.1 Å². The van der Waals surface area contributed by atoms with Crippen molar-refractivity contribution >= 4 is 17.3 Å². The zero-order valence-corrected chi connectivity index (χ0v) is 10.8. The topological polar surface area (TPSA) is 113 Å². The summed E-state index contributed by atoms with van der Waals surface area (Å²) in [4.78, 5) is 20.7. The molecule has 7 nitrogen and oxygen atoms in total. The summed E-state index contributed by atoms with van der Waals surface area (Å²) in [5, 5.41) is 31.2. The van der Waals surface area contributed by atoms with E-state index in [2.05, 4.69) is 5.32 Å². The van der Waals surface area contributed by atoms with E-state index < -0.39 is 28.0 Å². The van der Waals surface area contributed by atoms with Gasteiger partial charge in [0.25, 0.3) is 5.69 Å². The molecule has 0 fully saturated rings. The van der Waals surface area contributed by atoms with E-state index in [-0.39, 0.29) is 18.3 Å². The molecule has 0 aliphatic heterocycles. The minimum atomic E-state index is -1.50. The zero-order valence-electron chi connectivity index (χ0n) is 10.8. The lowest BCUT2D eigenvalue weighted by molar-refractivity contribution is -0.385. The van der Waals surface area contributed by atoms with Crippen molar-refractivity contribution in [2.75, 3.05) is 11.9 Å². The first-order valence-corrected chi connectivity index (χ1v) is 5.99. The number of hydrogen-bond acceptors (Lipinski definition) is 5. The fourth-order valence-corrected chi connectivity index (χ4v) is 1.75. The van der Waals surface area contributed by atoms with E-state index in [1.54, 1.807) is 0 Å². The number of carboxylic acids is 1. The lowest BCUT2D eigenvalue weighted by atomic mass is 10.1. The van der Waals surface area contributed by atoms with Crippen LogP contribution in [0.4, 0.5) is 15.8 Å². The number of hydrogen-bond donors (Lipinski definition) is 3. The number of aromatic carboxylic acids is 1. The quantitative estimate of drug-likeness (QED) is 0.522. The van der Waals surface area contributed by atoms with Gasteiger partial charge in [-0.2, -0.15) is 0 Å². The number of halogens is 1. The summed E-state index contributed by atoms with van der Waals surface area (Å²) in [6.45, 7) is 1.71. The molecule has 0 amide bonds. The fourth-order valence-electron chi connectivity index (χ4n) is 1.75. The van der Waals surface area contributed by atoms with Gasteiger partial charge >= 0.3 is 5.97 Å². The van der Waals surface area contributed by atoms with Crippen molar-refractivity contribution in [3.05, 3.63) is 33.6 Å². The summed E-state index contributed by atoms with van der Waals surface area (Å²) in [6, 6.07) is 1.23. The maximum absolute atomic E-state index is 13.8. The van der Waals surface area contributed by atoms with Gasteiger partial charge in [-0.15, -0.1) is 0 Å². The van der Waals surface area contributed by atoms with Crippen LogP contribution in [0.1, 0.15) is 30.1 Å². The Bertz CT molecular complexity index is 521. The molecule has 0 bridgehead atoms. The molecule has 1 atom stereocenters. The number of nitrogens with one attached hydrogen (secondary N) is 1. The highest BCUT2D eigenvalue weighted by Gasteiger charge is 2.23. The maximum atomic E-state index is 13.8. The molecule has 1 aromatic carbocycles. The van der Waals surface area contributed by atoms with E-state index in [9.17, 15) is 19.3 Å². The molecule has 0 aromatic heterocycles. The van der Waals surface area contributed by atoms with Crippen LogP contribution in [0.25, 0.3) is 0 Å². The van der Waals surface area contributed by atoms with Crippen LogP contribution in [-0.4, -0.2) is 33.8 Å². The fraction of sp³-hybridized carbons (Fsp3) is 0.417. The molecule has 0 saturated heterocycles. The van der Waals surface area contributed by atoms with Crippen molar-refractivity contribution in [2.24, 2.45) is 0 Å². The standard InChI is InChI=1S/C12H15FN2O5/c1-2-7(3-4-16)14-10-5-8(12(17)18)11(15(19)20)6-9(10)13/h5-7,14,16H,2-4H2,1H3,(H,17,18). The van der Waals surface area contributed by atoms with Gasteiger partial charge in [0.05, 0.1) is 16.7 Å². The van der Waals surface area contributed by atoms with Crippen molar-refractivity contribution in [3.8, 4) is 0 Å². The predicted octanol–water partition coefficient (Wildman–Crippen LogP) is 2.00. The first-order chi connectivity index (χ1) is 9.40. The minimum Gasteiger partial charge on any atom is -0.477 e. The first kappa shape index (κ1) is 15.8. The normalized spacial score (nSPS) is 11.9. The molecule has 1 aromatic rings. The molecule has 0 aliphatic carbocycles. The van der Waals surface area contributed by atoms with Crippen LogP contribution in [-0.2, 0) is 0 Å². The Morgan fingerprint density at radius 1 is 1.55 bits per heavy atom. The molecule has 1 unspecified atom stereocenters. The lowest BCUT2D eigenvalue weighted by Gasteiger charge is -2.18. The highest BCUT2D eigenvalue weighted by atomic mass is 19.1. The van der Waals surface area contributed by atoms with Gasteiger partial charge in [0.15, 0.2) is 5.82 Å². The van der Waals surface area contributed by atoms with E-state index in [1.807, 2.05) is 6.92 Å². The molecule has 3 N–H and O–H groups in total. The number of carboxylic acid groups (broad SMARTS) is 1. The van der Waals surface area contributed by atoms with Crippen LogP contribution in [0.5, 0.6) is 0 Å². The number of aliphatic hydroxyl groups excluding tert-OH is 1. The van der Waals surface area contributed by atoms with E-state index in [0.717, 1.165) is 6.07 Å². The van der Waals surface area contributed by atoms with Crippen LogP contribution < -0.4 is 5.32 Å². The summed E-state index contributed by atoms with van der Waals surface area (Å²) in [5.41, 5.74) is -1.51. The molecule has 0 spiro atoms. The number of benzene rings is 1. The maximum Gasteiger partial charge on any atom is 0.342 e. The van der Waals surface area contributed by atoms with E-state index >= 15 is 0 Å². The number of nitrogens with zero attached hydrogens (tertiary/aromatic N) is 1. The molecule has 110 valence electrons. The van der Waals surface area contributed by atoms with Crippen molar-refractivity contribution in [1.82, 2.24) is 0 Å². The van der Waals surface area contributed by atoms with Crippen LogP contribution in [0, 0.1) is 15.9 Å². The SMILES string of the molecule is CCC(CCO)Nc1cc(C(=O)O)c([N+](=O)[O-])cc1F. The average molecular weight is 286 g/mol. The van der Waals surface area contributed by atoms with Crippen molar-refractivity contribution in [1.29, 1.82) is 0 Å². The third-order valence-corrected chi connectivity index (χ3v) is 2.84. The second-order valence-electron chi connectivity index (χ2n) is 4.17. The Balaban J connectivity index is 3.18. The Labute approximate surface area is 114 Å². The number of aliphatic hydroxyl groups is 1. The van der Waals surface area contributed by atoms with Gasteiger partial charge in [0.2, 0.25) is 0 Å². The summed E-state index contributed by atoms with van der Waals surface area (Å²) < 4.78 is 13.8. The predicted molar refractivity (Wildman–Crippen MR) is 69.4 cm³/mol. The largest absolute Gasteiger partial charge is 0.477 e. The van der Waals surface area contributed by atoms with Gasteiger partial charge in [-0.25, -0.2) is 9.18 Å². The van der Waals surface area contributed by atoms with E-state index in [0.29, 0.717) is 18.9 Å². The lowest BCUT2D eigenvalue weighted by Crippen LogP contribution is -2.21. The summed E-state index contributed by atoms with van der Waals surface area (Å²) in [7, 11) is 0. The van der Waals surface area contributed by atoms with Gasteiger partial charge in [-0.1, -0.05) is 6.92 Å². The smallest absolute Gasteiger partial charge is 0.342 e. The van der Waals surface area contributed by atoms with Crippen LogP contribution in [0.2, 0.25) is 0 Å². The highest BCUT2D eigenvalue weighted by molar-refractivity contribution is 5.93. The van der Waals surface area contributed by atoms with Crippen LogP contribution in [0.3, 0.4) is 0 Å². The van der Waals surface area contributed by atoms with Crippen molar-refractivity contribution < 1.29 is 24.3 Å². The molecule has 20 heavy (non-hydrogen) atoms. The molecule has 0 aliphatic rings. The van der Waals surface area contributed by atoms with E-state index in [4.69, 9.17) is 10.2 Å². The molecule has 0 radical (unpaired) electrons.